The lowest BCUT2D eigenvalue weighted by molar-refractivity contribution is -0.125. The van der Waals surface area contributed by atoms with Crippen LogP contribution >= 0.6 is 22.9 Å². The van der Waals surface area contributed by atoms with Crippen molar-refractivity contribution in [3.8, 4) is 5.75 Å². The Morgan fingerprint density at radius 2 is 2.31 bits per heavy atom. The van der Waals surface area contributed by atoms with Crippen LogP contribution in [0.2, 0.25) is 5.02 Å². The van der Waals surface area contributed by atoms with Crippen LogP contribution in [0.1, 0.15) is 31.2 Å². The van der Waals surface area contributed by atoms with Crippen molar-refractivity contribution in [2.24, 2.45) is 5.41 Å². The summed E-state index contributed by atoms with van der Waals surface area (Å²) in [5, 5.41) is 5.06. The number of hydrogen-bond acceptors (Lipinski definition) is 4. The summed E-state index contributed by atoms with van der Waals surface area (Å²) in [6.45, 7) is 2.48. The quantitative estimate of drug-likeness (QED) is 0.651. The molecule has 2 aromatic heterocycles. The Balaban J connectivity index is 1.53. The fraction of sp³-hybridized carbons (Fsp3) is 0.333. The van der Waals surface area contributed by atoms with Gasteiger partial charge in [0.25, 0.3) is 0 Å². The second-order valence-electron chi connectivity index (χ2n) is 6.77. The maximum Gasteiger partial charge on any atom is 0.226 e. The van der Waals surface area contributed by atoms with Crippen molar-refractivity contribution in [1.82, 2.24) is 15.3 Å². The van der Waals surface area contributed by atoms with Gasteiger partial charge in [0.05, 0.1) is 23.3 Å². The number of benzene rings is 1. The number of nitrogens with one attached hydrogen (secondary N) is 2. The number of thiazole rings is 1. The summed E-state index contributed by atoms with van der Waals surface area (Å²) in [7, 11) is 0. The second kappa shape index (κ2) is 6.55. The molecular formula is C18H17ClFN3O2S. The molecule has 136 valence electrons. The van der Waals surface area contributed by atoms with Crippen molar-refractivity contribution in [3.05, 3.63) is 45.3 Å². The average Bonchev–Trinajstić information content (AvgIpc) is 3.03. The number of aromatic nitrogens is 2. The molecule has 0 unspecified atom stereocenters. The van der Waals surface area contributed by atoms with Gasteiger partial charge in [0, 0.05) is 27.9 Å². The highest BCUT2D eigenvalue weighted by atomic mass is 35.5. The van der Waals surface area contributed by atoms with Gasteiger partial charge < -0.3 is 15.0 Å². The monoisotopic (exact) mass is 393 g/mol. The Labute approximate surface area is 158 Å². The minimum atomic E-state index is -0.541. The first-order chi connectivity index (χ1) is 12.5. The molecule has 2 N–H and O–H groups in total. The summed E-state index contributed by atoms with van der Waals surface area (Å²) in [5.74, 6) is -0.255. The molecule has 1 aliphatic carbocycles. The molecule has 26 heavy (non-hydrogen) atoms. The second-order valence-corrected chi connectivity index (χ2v) is 7.87. The van der Waals surface area contributed by atoms with Gasteiger partial charge in [-0.05, 0) is 18.9 Å². The van der Waals surface area contributed by atoms with Crippen molar-refractivity contribution in [1.29, 1.82) is 0 Å². The summed E-state index contributed by atoms with van der Waals surface area (Å²) < 4.78 is 20.2. The van der Waals surface area contributed by atoms with Gasteiger partial charge in [0.1, 0.15) is 17.4 Å². The highest BCUT2D eigenvalue weighted by molar-refractivity contribution is 7.07. The third-order valence-corrected chi connectivity index (χ3v) is 5.66. The summed E-state index contributed by atoms with van der Waals surface area (Å²) in [6.07, 6.45) is 1.82. The van der Waals surface area contributed by atoms with Gasteiger partial charge in [-0.2, -0.15) is 0 Å². The predicted molar refractivity (Wildman–Crippen MR) is 98.9 cm³/mol. The van der Waals surface area contributed by atoms with E-state index in [-0.39, 0.29) is 28.7 Å². The summed E-state index contributed by atoms with van der Waals surface area (Å²) in [4.78, 5) is 19.3. The van der Waals surface area contributed by atoms with Crippen LogP contribution in [0.25, 0.3) is 10.9 Å². The minimum absolute atomic E-state index is 0.0296. The van der Waals surface area contributed by atoms with Gasteiger partial charge in [-0.1, -0.05) is 18.5 Å². The van der Waals surface area contributed by atoms with E-state index < -0.39 is 5.82 Å². The van der Waals surface area contributed by atoms with Gasteiger partial charge in [-0.25, -0.2) is 9.37 Å². The predicted octanol–water partition coefficient (Wildman–Crippen LogP) is 4.41. The molecule has 0 bridgehead atoms. The number of amides is 1. The Morgan fingerprint density at radius 1 is 1.50 bits per heavy atom. The lowest BCUT2D eigenvalue weighted by Gasteiger charge is -2.08. The van der Waals surface area contributed by atoms with Crippen LogP contribution in [-0.4, -0.2) is 15.9 Å². The van der Waals surface area contributed by atoms with E-state index >= 15 is 0 Å². The van der Waals surface area contributed by atoms with E-state index in [4.69, 9.17) is 16.3 Å². The Morgan fingerprint density at radius 3 is 3.00 bits per heavy atom. The molecule has 1 aromatic carbocycles. The third-order valence-electron chi connectivity index (χ3n) is 4.67. The van der Waals surface area contributed by atoms with Crippen LogP contribution in [0, 0.1) is 11.2 Å². The Bertz CT molecular complexity index is 967. The van der Waals surface area contributed by atoms with Crippen molar-refractivity contribution in [2.75, 3.05) is 0 Å². The fourth-order valence-corrected chi connectivity index (χ4v) is 3.46. The molecule has 3 aromatic rings. The first-order valence-corrected chi connectivity index (χ1v) is 9.56. The van der Waals surface area contributed by atoms with E-state index in [1.54, 1.807) is 17.6 Å². The molecule has 0 aliphatic heterocycles. The van der Waals surface area contributed by atoms with Crippen LogP contribution < -0.4 is 10.1 Å². The largest absolute Gasteiger partial charge is 0.486 e. The van der Waals surface area contributed by atoms with Crippen molar-refractivity contribution < 1.29 is 13.9 Å². The highest BCUT2D eigenvalue weighted by Crippen LogP contribution is 2.45. The summed E-state index contributed by atoms with van der Waals surface area (Å²) in [5.41, 5.74) is 3.51. The number of halogens is 2. The Hall–Kier alpha value is -2.12. The van der Waals surface area contributed by atoms with Gasteiger partial charge in [-0.3, -0.25) is 4.79 Å². The summed E-state index contributed by atoms with van der Waals surface area (Å²) >= 11 is 7.58. The van der Waals surface area contributed by atoms with Crippen LogP contribution in [0.3, 0.4) is 0 Å². The third kappa shape index (κ3) is 3.29. The van der Waals surface area contributed by atoms with Gasteiger partial charge >= 0.3 is 0 Å². The molecule has 1 aliphatic rings. The maximum absolute atomic E-state index is 14.6. The number of carbonyl (C=O) groups excluding carboxylic acids is 1. The lowest BCUT2D eigenvalue weighted by Crippen LogP contribution is -2.29. The molecule has 1 fully saturated rings. The van der Waals surface area contributed by atoms with E-state index in [0.717, 1.165) is 18.5 Å². The van der Waals surface area contributed by atoms with Crippen LogP contribution in [0.4, 0.5) is 4.39 Å². The van der Waals surface area contributed by atoms with Crippen molar-refractivity contribution >= 4 is 39.7 Å². The lowest BCUT2D eigenvalue weighted by atomic mass is 10.1. The zero-order valence-electron chi connectivity index (χ0n) is 14.1. The maximum atomic E-state index is 14.6. The molecule has 4 rings (SSSR count). The zero-order chi connectivity index (χ0) is 18.3. The number of rotatable bonds is 6. The SMILES string of the molecule is CC1(C(=O)NCc2cc3c(F)c(Cl)c(OCc4cscn4)cc3[nH]2)CC1. The smallest absolute Gasteiger partial charge is 0.226 e. The van der Waals surface area contributed by atoms with E-state index in [0.29, 0.717) is 23.1 Å². The van der Waals surface area contributed by atoms with E-state index in [1.807, 2.05) is 12.3 Å². The van der Waals surface area contributed by atoms with E-state index in [1.165, 1.54) is 11.3 Å². The standard InChI is InChI=1S/C18H17ClFN3O2S/c1-18(2-3-18)17(24)21-6-10-4-12-13(23-10)5-14(15(19)16(12)20)25-7-11-8-26-9-22-11/h4-5,8-9,23H,2-3,6-7H2,1H3,(H,21,24). The minimum Gasteiger partial charge on any atom is -0.486 e. The van der Waals surface area contributed by atoms with Crippen LogP contribution in [0.15, 0.2) is 23.0 Å². The van der Waals surface area contributed by atoms with Gasteiger partial charge in [0.2, 0.25) is 5.91 Å². The number of carbonyl (C=O) groups is 1. The number of aromatic amines is 1. The van der Waals surface area contributed by atoms with E-state index in [2.05, 4.69) is 15.3 Å². The van der Waals surface area contributed by atoms with Gasteiger partial charge in [-0.15, -0.1) is 11.3 Å². The molecule has 0 saturated heterocycles. The van der Waals surface area contributed by atoms with Crippen LogP contribution in [-0.2, 0) is 17.9 Å². The van der Waals surface area contributed by atoms with Crippen LogP contribution in [0.5, 0.6) is 5.75 Å². The Kier molecular flexibility index (Phi) is 4.36. The molecular weight excluding hydrogens is 377 g/mol. The molecule has 0 atom stereocenters. The molecule has 2 heterocycles. The molecule has 0 spiro atoms. The molecule has 0 radical (unpaired) electrons. The topological polar surface area (TPSA) is 67.0 Å². The first kappa shape index (κ1) is 17.3. The number of hydrogen-bond donors (Lipinski definition) is 2. The normalized spacial score (nSPS) is 15.2. The molecule has 1 saturated carbocycles. The van der Waals surface area contributed by atoms with Crippen molar-refractivity contribution in [2.45, 2.75) is 32.9 Å². The molecule has 5 nitrogen and oxygen atoms in total. The summed E-state index contributed by atoms with van der Waals surface area (Å²) in [6, 6.07) is 3.33. The van der Waals surface area contributed by atoms with Crippen molar-refractivity contribution in [3.63, 3.8) is 0 Å². The number of nitrogens with zero attached hydrogens (tertiary/aromatic N) is 1. The average molecular weight is 394 g/mol. The molecule has 8 heteroatoms. The zero-order valence-corrected chi connectivity index (χ0v) is 15.6. The highest BCUT2D eigenvalue weighted by Gasteiger charge is 2.44. The van der Waals surface area contributed by atoms with E-state index in [9.17, 15) is 9.18 Å². The fourth-order valence-electron chi connectivity index (χ4n) is 2.71. The van der Waals surface area contributed by atoms with Gasteiger partial charge in [0.15, 0.2) is 5.82 Å². The number of ether oxygens (including phenoxy) is 1. The molecule has 1 amide bonds. The number of H-pyrrole nitrogens is 1. The first-order valence-electron chi connectivity index (χ1n) is 8.24. The number of fused-ring (bicyclic) bond motifs is 1.